The zero-order valence-corrected chi connectivity index (χ0v) is 10.1. The van der Waals surface area contributed by atoms with Crippen LogP contribution in [0, 0.1) is 5.82 Å². The summed E-state index contributed by atoms with van der Waals surface area (Å²) in [6, 6.07) is 3.72. The van der Waals surface area contributed by atoms with Gasteiger partial charge in [-0.25, -0.2) is 9.18 Å². The number of halogens is 1. The molecule has 1 rings (SSSR count). The molecule has 2 radical (unpaired) electrons. The Balaban J connectivity index is 2.72. The lowest BCUT2D eigenvalue weighted by atomic mass is 9.95. The van der Waals surface area contributed by atoms with Gasteiger partial charge in [-0.3, -0.25) is 4.55 Å². The molecule has 0 aromatic heterocycles. The van der Waals surface area contributed by atoms with E-state index in [-0.39, 0.29) is 11.9 Å². The summed E-state index contributed by atoms with van der Waals surface area (Å²) in [4.78, 5) is 11.4. The Labute approximate surface area is 105 Å². The molecule has 0 amide bonds. The molecule has 1 aromatic carbocycles. The highest BCUT2D eigenvalue weighted by Gasteiger charge is 2.15. The van der Waals surface area contributed by atoms with Crippen LogP contribution in [-0.2, 0) is 21.2 Å². The van der Waals surface area contributed by atoms with E-state index in [1.54, 1.807) is 0 Å². The lowest BCUT2D eigenvalue weighted by Gasteiger charge is -2.06. The van der Waals surface area contributed by atoms with E-state index in [0.717, 1.165) is 6.07 Å². The average Bonchev–Trinajstić information content (AvgIpc) is 2.27. The van der Waals surface area contributed by atoms with Gasteiger partial charge in [0.2, 0.25) is 0 Å². The lowest BCUT2D eigenvalue weighted by molar-refractivity contribution is 0.0523. The minimum Gasteiger partial charge on any atom is -0.461 e. The first-order valence-corrected chi connectivity index (χ1v) is 6.55. The Kier molecular flexibility index (Phi) is 4.86. The predicted molar refractivity (Wildman–Crippen MR) is 62.6 cm³/mol. The standard InChI is InChI=1S/C10H10BFO5S/c11-6-7-1-2-9(12)8(5-7)10(13)17-3-4-18(14,15)16/h1-2,5H,3-4,6H2,(H,14,15,16). The predicted octanol–water partition coefficient (Wildman–Crippen LogP) is 0.539. The third kappa shape index (κ3) is 4.46. The summed E-state index contributed by atoms with van der Waals surface area (Å²) in [5.74, 6) is -2.53. The maximum Gasteiger partial charge on any atom is 0.341 e. The number of hydrogen-bond donors (Lipinski definition) is 1. The first kappa shape index (κ1) is 14.7. The van der Waals surface area contributed by atoms with Crippen molar-refractivity contribution in [3.63, 3.8) is 0 Å². The van der Waals surface area contributed by atoms with E-state index < -0.39 is 34.3 Å². The molecule has 0 bridgehead atoms. The summed E-state index contributed by atoms with van der Waals surface area (Å²) in [6.45, 7) is -0.552. The molecule has 0 aliphatic heterocycles. The summed E-state index contributed by atoms with van der Waals surface area (Å²) in [6.07, 6.45) is 0.131. The fourth-order valence-corrected chi connectivity index (χ4v) is 1.47. The third-order valence-electron chi connectivity index (χ3n) is 2.06. The molecule has 0 saturated carbocycles. The summed E-state index contributed by atoms with van der Waals surface area (Å²) >= 11 is 0. The molecule has 5 nitrogen and oxygen atoms in total. The third-order valence-corrected chi connectivity index (χ3v) is 2.74. The SMILES string of the molecule is [B]Cc1ccc(F)c(C(=O)OCCS(=O)(=O)O)c1. The van der Waals surface area contributed by atoms with Gasteiger partial charge in [0, 0.05) is 0 Å². The van der Waals surface area contributed by atoms with Crippen molar-refractivity contribution in [3.8, 4) is 0 Å². The highest BCUT2D eigenvalue weighted by atomic mass is 32.2. The van der Waals surface area contributed by atoms with Crippen molar-refractivity contribution in [1.82, 2.24) is 0 Å². The van der Waals surface area contributed by atoms with Gasteiger partial charge in [0.05, 0.1) is 13.4 Å². The smallest absolute Gasteiger partial charge is 0.341 e. The lowest BCUT2D eigenvalue weighted by Crippen LogP contribution is -2.15. The number of carbonyl (C=O) groups is 1. The van der Waals surface area contributed by atoms with Gasteiger partial charge in [-0.15, -0.1) is 0 Å². The van der Waals surface area contributed by atoms with Gasteiger partial charge in [-0.2, -0.15) is 8.42 Å². The average molecular weight is 272 g/mol. The van der Waals surface area contributed by atoms with Gasteiger partial charge >= 0.3 is 5.97 Å². The van der Waals surface area contributed by atoms with Crippen molar-refractivity contribution in [3.05, 3.63) is 35.1 Å². The van der Waals surface area contributed by atoms with Gasteiger partial charge < -0.3 is 4.74 Å². The van der Waals surface area contributed by atoms with Crippen LogP contribution in [0.25, 0.3) is 0 Å². The van der Waals surface area contributed by atoms with Gasteiger partial charge in [-0.05, 0) is 12.1 Å². The van der Waals surface area contributed by atoms with E-state index in [2.05, 4.69) is 4.74 Å². The number of hydrogen-bond acceptors (Lipinski definition) is 4. The fourth-order valence-electron chi connectivity index (χ4n) is 1.17. The van der Waals surface area contributed by atoms with E-state index in [9.17, 15) is 17.6 Å². The molecule has 0 unspecified atom stereocenters. The Morgan fingerprint density at radius 1 is 1.44 bits per heavy atom. The van der Waals surface area contributed by atoms with Crippen molar-refractivity contribution in [2.75, 3.05) is 12.4 Å². The quantitative estimate of drug-likeness (QED) is 0.480. The Bertz CT molecular complexity index is 543. The number of rotatable bonds is 5. The molecule has 0 saturated heterocycles. The van der Waals surface area contributed by atoms with Gasteiger partial charge in [-0.1, -0.05) is 17.9 Å². The van der Waals surface area contributed by atoms with Crippen molar-refractivity contribution in [2.24, 2.45) is 0 Å². The van der Waals surface area contributed by atoms with E-state index in [0.29, 0.717) is 5.56 Å². The molecule has 0 atom stereocenters. The number of ether oxygens (including phenoxy) is 1. The monoisotopic (exact) mass is 272 g/mol. The number of esters is 1. The van der Waals surface area contributed by atoms with Crippen LogP contribution in [0.2, 0.25) is 0 Å². The molecule has 0 heterocycles. The fraction of sp³-hybridized carbons (Fsp3) is 0.300. The minimum absolute atomic E-state index is 0.131. The summed E-state index contributed by atoms with van der Waals surface area (Å²) < 4.78 is 47.0. The number of benzene rings is 1. The highest BCUT2D eigenvalue weighted by molar-refractivity contribution is 7.85. The summed E-state index contributed by atoms with van der Waals surface area (Å²) in [7, 11) is 1.12. The molecule has 8 heteroatoms. The molecule has 96 valence electrons. The molecule has 1 N–H and O–H groups in total. The van der Waals surface area contributed by atoms with Gasteiger partial charge in [0.15, 0.2) is 0 Å². The first-order valence-electron chi connectivity index (χ1n) is 4.94. The number of carbonyl (C=O) groups excluding carboxylic acids is 1. The van der Waals surface area contributed by atoms with Crippen molar-refractivity contribution < 1.29 is 26.9 Å². The van der Waals surface area contributed by atoms with E-state index in [1.807, 2.05) is 0 Å². The van der Waals surface area contributed by atoms with Crippen LogP contribution in [0.3, 0.4) is 0 Å². The maximum absolute atomic E-state index is 13.3. The largest absolute Gasteiger partial charge is 0.461 e. The molecule has 0 aliphatic carbocycles. The Morgan fingerprint density at radius 2 is 2.11 bits per heavy atom. The van der Waals surface area contributed by atoms with Crippen molar-refractivity contribution in [2.45, 2.75) is 6.32 Å². The topological polar surface area (TPSA) is 80.7 Å². The Morgan fingerprint density at radius 3 is 2.67 bits per heavy atom. The Hall–Kier alpha value is -1.41. The zero-order chi connectivity index (χ0) is 13.8. The molecule has 1 aromatic rings. The maximum atomic E-state index is 13.3. The van der Waals surface area contributed by atoms with Crippen LogP contribution in [-0.4, -0.2) is 39.1 Å². The molecular weight excluding hydrogens is 262 g/mol. The first-order chi connectivity index (χ1) is 8.33. The van der Waals surface area contributed by atoms with Crippen LogP contribution < -0.4 is 0 Å². The van der Waals surface area contributed by atoms with Gasteiger partial charge in [0.25, 0.3) is 10.1 Å². The second-order valence-corrected chi connectivity index (χ2v) is 5.01. The zero-order valence-electron chi connectivity index (χ0n) is 9.30. The molecule has 0 spiro atoms. The molecular formula is C10H10BFO5S. The molecule has 0 aliphatic rings. The molecule has 0 fully saturated rings. The van der Waals surface area contributed by atoms with Crippen molar-refractivity contribution >= 4 is 23.9 Å². The van der Waals surface area contributed by atoms with Crippen LogP contribution in [0.4, 0.5) is 4.39 Å². The highest BCUT2D eigenvalue weighted by Crippen LogP contribution is 2.12. The summed E-state index contributed by atoms with van der Waals surface area (Å²) in [5, 5.41) is 0. The normalized spacial score (nSPS) is 11.2. The second-order valence-electron chi connectivity index (χ2n) is 3.44. The van der Waals surface area contributed by atoms with Crippen LogP contribution >= 0.6 is 0 Å². The van der Waals surface area contributed by atoms with Crippen molar-refractivity contribution in [1.29, 1.82) is 0 Å². The summed E-state index contributed by atoms with van der Waals surface area (Å²) in [5.41, 5.74) is 0.214. The van der Waals surface area contributed by atoms with Crippen LogP contribution in [0.15, 0.2) is 18.2 Å². The van der Waals surface area contributed by atoms with E-state index in [4.69, 9.17) is 12.4 Å². The van der Waals surface area contributed by atoms with E-state index >= 15 is 0 Å². The second kappa shape index (κ2) is 5.97. The van der Waals surface area contributed by atoms with Crippen LogP contribution in [0.5, 0.6) is 0 Å². The van der Waals surface area contributed by atoms with Gasteiger partial charge in [0.1, 0.15) is 18.2 Å². The van der Waals surface area contributed by atoms with E-state index in [1.165, 1.54) is 12.1 Å². The molecule has 18 heavy (non-hydrogen) atoms. The van der Waals surface area contributed by atoms with Crippen LogP contribution in [0.1, 0.15) is 15.9 Å². The minimum atomic E-state index is -4.22.